The first kappa shape index (κ1) is 13.9. The Hall–Kier alpha value is -2.56. The van der Waals surface area contributed by atoms with Gasteiger partial charge >= 0.3 is 5.97 Å². The molecular weight excluding hydrogens is 254 g/mol. The van der Waals surface area contributed by atoms with Crippen LogP contribution in [0.25, 0.3) is 0 Å². The van der Waals surface area contributed by atoms with Crippen LogP contribution >= 0.6 is 0 Å². The van der Waals surface area contributed by atoms with Gasteiger partial charge in [-0.05, 0) is 17.2 Å². The van der Waals surface area contributed by atoms with Crippen LogP contribution in [-0.4, -0.2) is 23.1 Å². The number of carboxylic acid groups (broad SMARTS) is 1. The van der Waals surface area contributed by atoms with Crippen LogP contribution in [0, 0.1) is 0 Å². The van der Waals surface area contributed by atoms with Crippen LogP contribution in [0.2, 0.25) is 0 Å². The molecule has 2 rings (SSSR count). The Morgan fingerprint density at radius 1 is 1.30 bits per heavy atom. The maximum absolute atomic E-state index is 10.9. The van der Waals surface area contributed by atoms with Crippen LogP contribution in [-0.2, 0) is 17.8 Å². The van der Waals surface area contributed by atoms with Crippen LogP contribution in [0.15, 0.2) is 42.7 Å². The molecule has 0 bridgehead atoms. The van der Waals surface area contributed by atoms with E-state index in [2.05, 4.69) is 4.98 Å². The standard InChI is InChI=1S/C15H17N3O2/c1-18(14-6-7-17-9-13(14)16)10-12-5-3-2-4-11(12)8-15(19)20/h2-7,9H,8,10,16H2,1H3,(H,19,20). The second kappa shape index (κ2) is 6.06. The van der Waals surface area contributed by atoms with Crippen LogP contribution in [0.3, 0.4) is 0 Å². The summed E-state index contributed by atoms with van der Waals surface area (Å²) in [6.07, 6.45) is 3.32. The molecule has 0 aliphatic carbocycles. The molecule has 104 valence electrons. The second-order valence-corrected chi connectivity index (χ2v) is 4.63. The molecule has 0 spiro atoms. The molecule has 0 saturated heterocycles. The van der Waals surface area contributed by atoms with E-state index in [0.717, 1.165) is 16.8 Å². The molecular formula is C15H17N3O2. The van der Waals surface area contributed by atoms with Crippen LogP contribution in [0.4, 0.5) is 11.4 Å². The number of rotatable bonds is 5. The van der Waals surface area contributed by atoms with Crippen LogP contribution < -0.4 is 10.6 Å². The van der Waals surface area contributed by atoms with Crippen molar-refractivity contribution in [1.82, 2.24) is 4.98 Å². The lowest BCUT2D eigenvalue weighted by Gasteiger charge is -2.22. The van der Waals surface area contributed by atoms with Crippen LogP contribution in [0.5, 0.6) is 0 Å². The van der Waals surface area contributed by atoms with E-state index in [1.807, 2.05) is 42.3 Å². The number of nitrogen functional groups attached to an aromatic ring is 1. The summed E-state index contributed by atoms with van der Waals surface area (Å²) in [5.74, 6) is -0.830. The topological polar surface area (TPSA) is 79.5 Å². The van der Waals surface area contributed by atoms with Crippen molar-refractivity contribution in [2.45, 2.75) is 13.0 Å². The Morgan fingerprint density at radius 2 is 2.00 bits per heavy atom. The Labute approximate surface area is 117 Å². The highest BCUT2D eigenvalue weighted by Crippen LogP contribution is 2.22. The second-order valence-electron chi connectivity index (χ2n) is 4.63. The zero-order valence-corrected chi connectivity index (χ0v) is 11.3. The molecule has 0 aliphatic rings. The molecule has 0 amide bonds. The number of hydrogen-bond donors (Lipinski definition) is 2. The van der Waals surface area contributed by atoms with Gasteiger partial charge in [0.25, 0.3) is 0 Å². The van der Waals surface area contributed by atoms with E-state index in [4.69, 9.17) is 10.8 Å². The summed E-state index contributed by atoms with van der Waals surface area (Å²) in [5, 5.41) is 8.94. The van der Waals surface area contributed by atoms with Gasteiger partial charge in [0.05, 0.1) is 24.0 Å². The van der Waals surface area contributed by atoms with E-state index >= 15 is 0 Å². The number of nitrogens with zero attached hydrogens (tertiary/aromatic N) is 2. The number of carbonyl (C=O) groups is 1. The summed E-state index contributed by atoms with van der Waals surface area (Å²) >= 11 is 0. The fourth-order valence-electron chi connectivity index (χ4n) is 2.13. The molecule has 1 aromatic heterocycles. The smallest absolute Gasteiger partial charge is 0.307 e. The third-order valence-corrected chi connectivity index (χ3v) is 3.11. The van der Waals surface area contributed by atoms with Crippen molar-refractivity contribution in [2.75, 3.05) is 17.7 Å². The monoisotopic (exact) mass is 271 g/mol. The number of carboxylic acids is 1. The molecule has 20 heavy (non-hydrogen) atoms. The van der Waals surface area contributed by atoms with Gasteiger partial charge in [-0.15, -0.1) is 0 Å². The number of aliphatic carboxylic acids is 1. The van der Waals surface area contributed by atoms with E-state index in [9.17, 15) is 4.79 Å². The first-order chi connectivity index (χ1) is 9.58. The van der Waals surface area contributed by atoms with Gasteiger partial charge in [0.1, 0.15) is 0 Å². The zero-order chi connectivity index (χ0) is 14.5. The van der Waals surface area contributed by atoms with E-state index < -0.39 is 5.97 Å². The average molecular weight is 271 g/mol. The minimum absolute atomic E-state index is 0.0237. The van der Waals surface area contributed by atoms with Gasteiger partial charge in [0.15, 0.2) is 0 Å². The summed E-state index contributed by atoms with van der Waals surface area (Å²) in [7, 11) is 1.92. The summed E-state index contributed by atoms with van der Waals surface area (Å²) < 4.78 is 0. The highest BCUT2D eigenvalue weighted by atomic mass is 16.4. The Morgan fingerprint density at radius 3 is 2.65 bits per heavy atom. The summed E-state index contributed by atoms with van der Waals surface area (Å²) in [6, 6.07) is 9.38. The molecule has 0 unspecified atom stereocenters. The number of pyridine rings is 1. The van der Waals surface area contributed by atoms with Gasteiger partial charge in [-0.2, -0.15) is 0 Å². The Bertz CT molecular complexity index is 614. The largest absolute Gasteiger partial charge is 0.481 e. The lowest BCUT2D eigenvalue weighted by Crippen LogP contribution is -2.19. The molecule has 0 aliphatic heterocycles. The lowest BCUT2D eigenvalue weighted by atomic mass is 10.0. The summed E-state index contributed by atoms with van der Waals surface area (Å²) in [5.41, 5.74) is 9.18. The van der Waals surface area contributed by atoms with E-state index in [1.54, 1.807) is 12.4 Å². The maximum atomic E-state index is 10.9. The van der Waals surface area contributed by atoms with Crippen molar-refractivity contribution in [1.29, 1.82) is 0 Å². The summed E-state index contributed by atoms with van der Waals surface area (Å²) in [4.78, 5) is 16.8. The quantitative estimate of drug-likeness (QED) is 0.868. The number of hydrogen-bond acceptors (Lipinski definition) is 4. The summed E-state index contributed by atoms with van der Waals surface area (Å²) in [6.45, 7) is 0.595. The van der Waals surface area contributed by atoms with Crippen molar-refractivity contribution in [3.8, 4) is 0 Å². The highest BCUT2D eigenvalue weighted by Gasteiger charge is 2.10. The molecule has 1 heterocycles. The van der Waals surface area contributed by atoms with Gasteiger partial charge < -0.3 is 15.7 Å². The molecule has 1 aromatic carbocycles. The zero-order valence-electron chi connectivity index (χ0n) is 11.3. The molecule has 0 radical (unpaired) electrons. The van der Waals surface area contributed by atoms with Crippen LogP contribution in [0.1, 0.15) is 11.1 Å². The SMILES string of the molecule is CN(Cc1ccccc1CC(=O)O)c1ccncc1N. The fourth-order valence-corrected chi connectivity index (χ4v) is 2.13. The van der Waals surface area contributed by atoms with E-state index in [-0.39, 0.29) is 6.42 Å². The number of benzene rings is 1. The first-order valence-electron chi connectivity index (χ1n) is 6.27. The predicted molar refractivity (Wildman–Crippen MR) is 78.5 cm³/mol. The lowest BCUT2D eigenvalue weighted by molar-refractivity contribution is -0.136. The van der Waals surface area contributed by atoms with Gasteiger partial charge in [-0.1, -0.05) is 24.3 Å². The minimum Gasteiger partial charge on any atom is -0.481 e. The van der Waals surface area contributed by atoms with Crippen molar-refractivity contribution < 1.29 is 9.90 Å². The van der Waals surface area contributed by atoms with Crippen molar-refractivity contribution in [2.24, 2.45) is 0 Å². The molecule has 0 saturated carbocycles. The van der Waals surface area contributed by atoms with E-state index in [0.29, 0.717) is 12.2 Å². The van der Waals surface area contributed by atoms with Crippen molar-refractivity contribution >= 4 is 17.3 Å². The molecule has 2 aromatic rings. The predicted octanol–water partition coefficient (Wildman–Crippen LogP) is 1.93. The Kier molecular flexibility index (Phi) is 4.20. The number of nitrogens with two attached hydrogens (primary N) is 1. The molecule has 0 atom stereocenters. The van der Waals surface area contributed by atoms with Gasteiger partial charge in [0, 0.05) is 19.8 Å². The van der Waals surface area contributed by atoms with Crippen molar-refractivity contribution in [3.05, 3.63) is 53.9 Å². The molecule has 0 fully saturated rings. The first-order valence-corrected chi connectivity index (χ1v) is 6.27. The van der Waals surface area contributed by atoms with Crippen molar-refractivity contribution in [3.63, 3.8) is 0 Å². The third-order valence-electron chi connectivity index (χ3n) is 3.11. The Balaban J connectivity index is 2.22. The van der Waals surface area contributed by atoms with E-state index in [1.165, 1.54) is 0 Å². The highest BCUT2D eigenvalue weighted by molar-refractivity contribution is 5.71. The average Bonchev–Trinajstić information content (AvgIpc) is 2.41. The maximum Gasteiger partial charge on any atom is 0.307 e. The molecule has 3 N–H and O–H groups in total. The number of aromatic nitrogens is 1. The third kappa shape index (κ3) is 3.26. The van der Waals surface area contributed by atoms with Gasteiger partial charge in [-0.3, -0.25) is 9.78 Å². The molecule has 5 heteroatoms. The fraction of sp³-hybridized carbons (Fsp3) is 0.200. The number of anilines is 2. The van der Waals surface area contributed by atoms with Gasteiger partial charge in [0.2, 0.25) is 0 Å². The minimum atomic E-state index is -0.830. The van der Waals surface area contributed by atoms with Gasteiger partial charge in [-0.25, -0.2) is 0 Å². The normalized spacial score (nSPS) is 10.2. The molecule has 5 nitrogen and oxygen atoms in total.